The topological polar surface area (TPSA) is 43.8 Å². The molecule has 1 N–H and O–H groups in total. The summed E-state index contributed by atoms with van der Waals surface area (Å²) < 4.78 is 0. The Hall–Kier alpha value is -1.55. The van der Waals surface area contributed by atoms with E-state index in [1.807, 2.05) is 35.2 Å². The quantitative estimate of drug-likeness (QED) is 0.664. The molecule has 2 amide bonds. The van der Waals surface area contributed by atoms with E-state index in [-0.39, 0.29) is 12.6 Å². The predicted molar refractivity (Wildman–Crippen MR) is 74.0 cm³/mol. The van der Waals surface area contributed by atoms with Gasteiger partial charge in [0.05, 0.1) is 6.54 Å². The lowest BCUT2D eigenvalue weighted by molar-refractivity contribution is -0.0926. The molecule has 2 aliphatic carbocycles. The first-order valence-electron chi connectivity index (χ1n) is 7.55. The van der Waals surface area contributed by atoms with Crippen molar-refractivity contribution in [3.8, 4) is 0 Å². The average molecular weight is 272 g/mol. The highest BCUT2D eigenvalue weighted by molar-refractivity contribution is 5.75. The SMILES string of the molecule is O=C(N(O)Cc1ccccc1)N1CC2C3CCC(C3)C21. The predicted octanol–water partition coefficient (Wildman–Crippen LogP) is 2.73. The van der Waals surface area contributed by atoms with Gasteiger partial charge < -0.3 is 4.90 Å². The van der Waals surface area contributed by atoms with E-state index in [1.165, 1.54) is 19.3 Å². The Morgan fingerprint density at radius 1 is 1.25 bits per heavy atom. The Morgan fingerprint density at radius 3 is 2.75 bits per heavy atom. The van der Waals surface area contributed by atoms with E-state index >= 15 is 0 Å². The maximum Gasteiger partial charge on any atom is 0.344 e. The van der Waals surface area contributed by atoms with Gasteiger partial charge in [-0.05, 0) is 36.7 Å². The Balaban J connectivity index is 1.41. The number of rotatable bonds is 2. The van der Waals surface area contributed by atoms with Crippen molar-refractivity contribution in [2.45, 2.75) is 31.8 Å². The van der Waals surface area contributed by atoms with Crippen LogP contribution in [0.1, 0.15) is 24.8 Å². The number of hydroxylamine groups is 2. The zero-order chi connectivity index (χ0) is 13.7. The van der Waals surface area contributed by atoms with Crippen molar-refractivity contribution in [1.29, 1.82) is 0 Å². The van der Waals surface area contributed by atoms with Crippen LogP contribution in [0.25, 0.3) is 0 Å². The fraction of sp³-hybridized carbons (Fsp3) is 0.562. The standard InChI is InChI=1S/C16H20N2O2/c19-16(18(20)9-11-4-2-1-3-5-11)17-10-14-12-6-7-13(8-12)15(14)17/h1-5,12-15,20H,6-10H2. The second-order valence-corrected chi connectivity index (χ2v) is 6.47. The van der Waals surface area contributed by atoms with Crippen LogP contribution in [0.4, 0.5) is 4.79 Å². The van der Waals surface area contributed by atoms with Gasteiger partial charge in [0.1, 0.15) is 0 Å². The zero-order valence-electron chi connectivity index (χ0n) is 11.5. The first-order valence-corrected chi connectivity index (χ1v) is 7.55. The van der Waals surface area contributed by atoms with Crippen LogP contribution in [0.3, 0.4) is 0 Å². The van der Waals surface area contributed by atoms with Gasteiger partial charge >= 0.3 is 6.03 Å². The number of carbonyl (C=O) groups is 1. The summed E-state index contributed by atoms with van der Waals surface area (Å²) in [5.41, 5.74) is 0.952. The second kappa shape index (κ2) is 4.48. The summed E-state index contributed by atoms with van der Waals surface area (Å²) in [6.07, 6.45) is 3.91. The van der Waals surface area contributed by atoms with E-state index in [2.05, 4.69) is 0 Å². The number of amides is 2. The minimum Gasteiger partial charge on any atom is -0.319 e. The number of nitrogens with zero attached hydrogens (tertiary/aromatic N) is 2. The normalized spacial score (nSPS) is 33.8. The molecular formula is C16H20N2O2. The fourth-order valence-corrected chi connectivity index (χ4v) is 4.51. The van der Waals surface area contributed by atoms with Crippen LogP contribution in [0, 0.1) is 17.8 Å². The summed E-state index contributed by atoms with van der Waals surface area (Å²) in [4.78, 5) is 14.2. The zero-order valence-corrected chi connectivity index (χ0v) is 11.5. The molecule has 0 spiro atoms. The summed E-state index contributed by atoms with van der Waals surface area (Å²) in [5, 5.41) is 10.9. The van der Waals surface area contributed by atoms with Gasteiger partial charge in [-0.25, -0.2) is 9.86 Å². The van der Waals surface area contributed by atoms with Crippen molar-refractivity contribution < 1.29 is 10.0 Å². The van der Waals surface area contributed by atoms with Crippen LogP contribution in [-0.2, 0) is 6.54 Å². The molecule has 1 heterocycles. The van der Waals surface area contributed by atoms with Gasteiger partial charge in [0, 0.05) is 18.5 Å². The van der Waals surface area contributed by atoms with Crippen LogP contribution >= 0.6 is 0 Å². The number of likely N-dealkylation sites (tertiary alicyclic amines) is 1. The third-order valence-electron chi connectivity index (χ3n) is 5.45. The maximum absolute atomic E-state index is 12.4. The Kier molecular flexibility index (Phi) is 2.74. The summed E-state index contributed by atoms with van der Waals surface area (Å²) >= 11 is 0. The first kappa shape index (κ1) is 12.2. The van der Waals surface area contributed by atoms with Crippen LogP contribution in [-0.4, -0.2) is 33.8 Å². The van der Waals surface area contributed by atoms with Gasteiger partial charge in [0.15, 0.2) is 0 Å². The van der Waals surface area contributed by atoms with E-state index in [0.717, 1.165) is 23.1 Å². The summed E-state index contributed by atoms with van der Waals surface area (Å²) in [5.74, 6) is 2.24. The van der Waals surface area contributed by atoms with E-state index in [9.17, 15) is 10.0 Å². The van der Waals surface area contributed by atoms with Crippen molar-refractivity contribution in [2.75, 3.05) is 6.54 Å². The lowest BCUT2D eigenvalue weighted by Gasteiger charge is -2.51. The minimum atomic E-state index is -0.220. The second-order valence-electron chi connectivity index (χ2n) is 6.47. The van der Waals surface area contributed by atoms with E-state index in [1.54, 1.807) is 0 Å². The summed E-state index contributed by atoms with van der Waals surface area (Å²) in [6, 6.07) is 9.81. The van der Waals surface area contributed by atoms with Crippen LogP contribution in [0.5, 0.6) is 0 Å². The number of urea groups is 1. The average Bonchev–Trinajstić information content (AvgIpc) is 2.96. The Labute approximate surface area is 118 Å². The third kappa shape index (κ3) is 1.74. The van der Waals surface area contributed by atoms with Crippen LogP contribution in [0.2, 0.25) is 0 Å². The molecule has 20 heavy (non-hydrogen) atoms. The smallest absolute Gasteiger partial charge is 0.319 e. The van der Waals surface area contributed by atoms with Gasteiger partial charge in [0.2, 0.25) is 0 Å². The van der Waals surface area contributed by atoms with Crippen molar-refractivity contribution in [3.63, 3.8) is 0 Å². The van der Waals surface area contributed by atoms with Gasteiger partial charge in [-0.3, -0.25) is 5.21 Å². The molecule has 4 heteroatoms. The molecule has 1 aromatic rings. The molecule has 4 nitrogen and oxygen atoms in total. The van der Waals surface area contributed by atoms with Crippen molar-refractivity contribution in [2.24, 2.45) is 17.8 Å². The van der Waals surface area contributed by atoms with E-state index < -0.39 is 0 Å². The molecule has 1 saturated heterocycles. The molecule has 3 fully saturated rings. The molecule has 1 aliphatic heterocycles. The molecule has 0 radical (unpaired) electrons. The van der Waals surface area contributed by atoms with E-state index in [4.69, 9.17) is 0 Å². The highest BCUT2D eigenvalue weighted by atomic mass is 16.5. The van der Waals surface area contributed by atoms with E-state index in [0.29, 0.717) is 17.9 Å². The lowest BCUT2D eigenvalue weighted by atomic mass is 9.77. The highest BCUT2D eigenvalue weighted by Gasteiger charge is 2.58. The minimum absolute atomic E-state index is 0.220. The molecule has 2 saturated carbocycles. The Morgan fingerprint density at radius 2 is 2.00 bits per heavy atom. The number of fused-ring (bicyclic) bond motifs is 5. The van der Waals surface area contributed by atoms with Gasteiger partial charge in [0.25, 0.3) is 0 Å². The van der Waals surface area contributed by atoms with Gasteiger partial charge in [-0.15, -0.1) is 0 Å². The fourth-order valence-electron chi connectivity index (χ4n) is 4.51. The summed E-state index contributed by atoms with van der Waals surface area (Å²) in [7, 11) is 0. The first-order chi connectivity index (χ1) is 9.74. The van der Waals surface area contributed by atoms with Crippen molar-refractivity contribution >= 4 is 6.03 Å². The number of hydrogen-bond donors (Lipinski definition) is 1. The molecule has 4 unspecified atom stereocenters. The molecule has 106 valence electrons. The molecule has 2 bridgehead atoms. The lowest BCUT2D eigenvalue weighted by Crippen LogP contribution is -2.63. The number of carbonyl (C=O) groups excluding carboxylic acids is 1. The largest absolute Gasteiger partial charge is 0.344 e. The van der Waals surface area contributed by atoms with Crippen LogP contribution < -0.4 is 0 Å². The highest BCUT2D eigenvalue weighted by Crippen LogP contribution is 2.55. The number of benzene rings is 1. The summed E-state index contributed by atoms with van der Waals surface area (Å²) in [6.45, 7) is 1.11. The van der Waals surface area contributed by atoms with Gasteiger partial charge in [-0.2, -0.15) is 0 Å². The van der Waals surface area contributed by atoms with Crippen LogP contribution in [0.15, 0.2) is 30.3 Å². The van der Waals surface area contributed by atoms with Crippen molar-refractivity contribution in [1.82, 2.24) is 9.96 Å². The molecule has 4 rings (SSSR count). The Bertz CT molecular complexity index is 516. The maximum atomic E-state index is 12.4. The molecular weight excluding hydrogens is 252 g/mol. The van der Waals surface area contributed by atoms with Gasteiger partial charge in [-0.1, -0.05) is 30.3 Å². The molecule has 3 aliphatic rings. The molecule has 0 aromatic heterocycles. The molecule has 4 atom stereocenters. The molecule has 1 aromatic carbocycles. The third-order valence-corrected chi connectivity index (χ3v) is 5.45. The van der Waals surface area contributed by atoms with Crippen molar-refractivity contribution in [3.05, 3.63) is 35.9 Å². The monoisotopic (exact) mass is 272 g/mol. The number of hydrogen-bond acceptors (Lipinski definition) is 2.